The van der Waals surface area contributed by atoms with E-state index in [4.69, 9.17) is 19.5 Å². The van der Waals surface area contributed by atoms with Gasteiger partial charge in [0.2, 0.25) is 0 Å². The van der Waals surface area contributed by atoms with E-state index in [1.54, 1.807) is 38.3 Å². The minimum absolute atomic E-state index is 0.0760. The molecule has 3 rings (SSSR count). The van der Waals surface area contributed by atoms with Crippen LogP contribution < -0.4 is 9.47 Å². The van der Waals surface area contributed by atoms with Crippen molar-refractivity contribution in [2.75, 3.05) is 7.11 Å². The number of carbonyl (C=O) groups excluding carboxylic acids is 1. The van der Waals surface area contributed by atoms with Crippen molar-refractivity contribution in [3.8, 4) is 28.1 Å². The lowest BCUT2D eigenvalue weighted by molar-refractivity contribution is -0.152. The van der Waals surface area contributed by atoms with Gasteiger partial charge in [-0.05, 0) is 55.5 Å². The van der Waals surface area contributed by atoms with E-state index in [1.165, 1.54) is 11.3 Å². The van der Waals surface area contributed by atoms with Gasteiger partial charge in [0.05, 0.1) is 24.4 Å². The van der Waals surface area contributed by atoms with E-state index in [2.05, 4.69) is 4.98 Å². The molecule has 0 aliphatic carbocycles. The van der Waals surface area contributed by atoms with Gasteiger partial charge in [-0.3, -0.25) is 0 Å². The van der Waals surface area contributed by atoms with E-state index >= 15 is 0 Å². The Balaban J connectivity index is 1.53. The summed E-state index contributed by atoms with van der Waals surface area (Å²) in [4.78, 5) is 16.7. The van der Waals surface area contributed by atoms with Crippen LogP contribution in [0.25, 0.3) is 10.6 Å². The third-order valence-corrected chi connectivity index (χ3v) is 4.82. The zero-order chi connectivity index (χ0) is 19.9. The molecule has 1 atom stereocenters. The summed E-state index contributed by atoms with van der Waals surface area (Å²) in [6, 6.07) is 16.2. The van der Waals surface area contributed by atoms with Crippen molar-refractivity contribution in [1.82, 2.24) is 4.98 Å². The second-order valence-corrected chi connectivity index (χ2v) is 6.73. The molecule has 0 fully saturated rings. The summed E-state index contributed by atoms with van der Waals surface area (Å²) in [6.45, 7) is 1.69. The predicted octanol–water partition coefficient (Wildman–Crippen LogP) is 4.20. The summed E-state index contributed by atoms with van der Waals surface area (Å²) < 4.78 is 16.0. The lowest BCUT2D eigenvalue weighted by atomic mass is 10.2. The number of esters is 1. The Morgan fingerprint density at radius 1 is 1.14 bits per heavy atom. The van der Waals surface area contributed by atoms with Crippen molar-refractivity contribution >= 4 is 17.3 Å². The largest absolute Gasteiger partial charge is 0.497 e. The van der Waals surface area contributed by atoms with Crippen LogP contribution in [0.15, 0.2) is 53.9 Å². The molecule has 142 valence electrons. The number of hydrogen-bond donors (Lipinski definition) is 0. The standard InChI is InChI=1S/C21H18N2O4S/c1-14(27-19-7-3-15(11-22)4-8-19)21(24)26-12-17-13-28-20(23-17)16-5-9-18(25-2)10-6-16/h3-10,13-14H,12H2,1-2H3/t14-/m0/s1. The Morgan fingerprint density at radius 3 is 2.46 bits per heavy atom. The number of hydrogen-bond acceptors (Lipinski definition) is 7. The molecule has 0 aliphatic heterocycles. The quantitative estimate of drug-likeness (QED) is 0.559. The summed E-state index contributed by atoms with van der Waals surface area (Å²) in [6.07, 6.45) is -0.771. The fraction of sp³-hybridized carbons (Fsp3) is 0.190. The highest BCUT2D eigenvalue weighted by Gasteiger charge is 2.17. The number of ether oxygens (including phenoxy) is 3. The van der Waals surface area contributed by atoms with Crippen molar-refractivity contribution in [2.45, 2.75) is 19.6 Å². The molecule has 1 heterocycles. The average Bonchev–Trinajstić information content (AvgIpc) is 3.21. The normalized spacial score (nSPS) is 11.3. The molecule has 0 spiro atoms. The first-order chi connectivity index (χ1) is 13.6. The van der Waals surface area contributed by atoms with Crippen molar-refractivity contribution < 1.29 is 19.0 Å². The highest BCUT2D eigenvalue weighted by atomic mass is 32.1. The van der Waals surface area contributed by atoms with Gasteiger partial charge in [0.25, 0.3) is 0 Å². The number of nitriles is 1. The van der Waals surface area contributed by atoms with E-state index in [-0.39, 0.29) is 6.61 Å². The van der Waals surface area contributed by atoms with Gasteiger partial charge in [0, 0.05) is 10.9 Å². The molecule has 6 nitrogen and oxygen atoms in total. The van der Waals surface area contributed by atoms with Crippen LogP contribution in [-0.4, -0.2) is 24.2 Å². The molecule has 3 aromatic rings. The minimum Gasteiger partial charge on any atom is -0.497 e. The molecule has 0 radical (unpaired) electrons. The van der Waals surface area contributed by atoms with E-state index in [0.29, 0.717) is 17.0 Å². The Hall–Kier alpha value is -3.37. The van der Waals surface area contributed by atoms with Gasteiger partial charge >= 0.3 is 5.97 Å². The van der Waals surface area contributed by atoms with E-state index in [0.717, 1.165) is 16.3 Å². The monoisotopic (exact) mass is 394 g/mol. The van der Waals surface area contributed by atoms with E-state index in [1.807, 2.05) is 35.7 Å². The lowest BCUT2D eigenvalue weighted by Crippen LogP contribution is -2.26. The van der Waals surface area contributed by atoms with Crippen LogP contribution in [0, 0.1) is 11.3 Å². The third-order valence-electron chi connectivity index (χ3n) is 3.88. The maximum absolute atomic E-state index is 12.2. The van der Waals surface area contributed by atoms with Gasteiger partial charge in [-0.2, -0.15) is 5.26 Å². The molecule has 0 saturated carbocycles. The second-order valence-electron chi connectivity index (χ2n) is 5.88. The van der Waals surface area contributed by atoms with Gasteiger partial charge in [-0.25, -0.2) is 9.78 Å². The lowest BCUT2D eigenvalue weighted by Gasteiger charge is -2.13. The Labute approximate surface area is 166 Å². The molecule has 0 N–H and O–H groups in total. The third kappa shape index (κ3) is 4.87. The highest BCUT2D eigenvalue weighted by Crippen LogP contribution is 2.26. The number of methoxy groups -OCH3 is 1. The molecule has 0 amide bonds. The van der Waals surface area contributed by atoms with Crippen molar-refractivity contribution in [1.29, 1.82) is 5.26 Å². The first-order valence-electron chi connectivity index (χ1n) is 8.51. The van der Waals surface area contributed by atoms with Crippen LogP contribution in [0.4, 0.5) is 0 Å². The van der Waals surface area contributed by atoms with Crippen molar-refractivity contribution in [3.63, 3.8) is 0 Å². The van der Waals surface area contributed by atoms with Crippen LogP contribution in [0.1, 0.15) is 18.2 Å². The molecule has 28 heavy (non-hydrogen) atoms. The average molecular weight is 394 g/mol. The second kappa shape index (κ2) is 9.02. The molecule has 0 bridgehead atoms. The summed E-state index contributed by atoms with van der Waals surface area (Å²) in [7, 11) is 1.62. The van der Waals surface area contributed by atoms with E-state index < -0.39 is 12.1 Å². The van der Waals surface area contributed by atoms with Crippen LogP contribution in [0.5, 0.6) is 11.5 Å². The zero-order valence-corrected chi connectivity index (χ0v) is 16.2. The predicted molar refractivity (Wildman–Crippen MR) is 105 cm³/mol. The molecule has 7 heteroatoms. The fourth-order valence-electron chi connectivity index (χ4n) is 2.36. The fourth-order valence-corrected chi connectivity index (χ4v) is 3.17. The summed E-state index contributed by atoms with van der Waals surface area (Å²) in [5.74, 6) is 0.799. The molecule has 0 saturated heterocycles. The molecule has 2 aromatic carbocycles. The molecule has 1 aromatic heterocycles. The molecule has 0 unspecified atom stereocenters. The zero-order valence-electron chi connectivity index (χ0n) is 15.4. The van der Waals surface area contributed by atoms with Gasteiger partial charge in [0.15, 0.2) is 6.10 Å². The highest BCUT2D eigenvalue weighted by molar-refractivity contribution is 7.13. The minimum atomic E-state index is -0.771. The maximum Gasteiger partial charge on any atom is 0.347 e. The van der Waals surface area contributed by atoms with Crippen LogP contribution in [0.3, 0.4) is 0 Å². The van der Waals surface area contributed by atoms with Crippen LogP contribution in [0.2, 0.25) is 0 Å². The van der Waals surface area contributed by atoms with Gasteiger partial charge in [0.1, 0.15) is 23.1 Å². The molecular weight excluding hydrogens is 376 g/mol. The summed E-state index contributed by atoms with van der Waals surface area (Å²) in [5.41, 5.74) is 2.18. The van der Waals surface area contributed by atoms with Crippen molar-refractivity contribution in [2.24, 2.45) is 0 Å². The van der Waals surface area contributed by atoms with Gasteiger partial charge in [-0.1, -0.05) is 0 Å². The first kappa shape index (κ1) is 19.4. The first-order valence-corrected chi connectivity index (χ1v) is 9.39. The Bertz CT molecular complexity index is 975. The summed E-state index contributed by atoms with van der Waals surface area (Å²) in [5, 5.41) is 11.5. The van der Waals surface area contributed by atoms with E-state index in [9.17, 15) is 4.79 Å². The van der Waals surface area contributed by atoms with Crippen LogP contribution >= 0.6 is 11.3 Å². The van der Waals surface area contributed by atoms with Gasteiger partial charge in [-0.15, -0.1) is 11.3 Å². The number of thiazole rings is 1. The number of aromatic nitrogens is 1. The molecular formula is C21H18N2O4S. The smallest absolute Gasteiger partial charge is 0.347 e. The number of nitrogens with zero attached hydrogens (tertiary/aromatic N) is 2. The number of carbonyl (C=O) groups is 1. The molecule has 0 aliphatic rings. The number of benzene rings is 2. The summed E-state index contributed by atoms with van der Waals surface area (Å²) >= 11 is 1.48. The Morgan fingerprint density at radius 2 is 1.82 bits per heavy atom. The Kier molecular flexibility index (Phi) is 6.25. The topological polar surface area (TPSA) is 81.4 Å². The van der Waals surface area contributed by atoms with Crippen LogP contribution in [-0.2, 0) is 16.1 Å². The van der Waals surface area contributed by atoms with Gasteiger partial charge < -0.3 is 14.2 Å². The maximum atomic E-state index is 12.2. The van der Waals surface area contributed by atoms with Crippen molar-refractivity contribution in [3.05, 3.63) is 65.2 Å². The number of rotatable bonds is 7. The SMILES string of the molecule is COc1ccc(-c2nc(COC(=O)[C@H](C)Oc3ccc(C#N)cc3)cs2)cc1.